The molecule has 0 aliphatic heterocycles. The van der Waals surface area contributed by atoms with Gasteiger partial charge < -0.3 is 15.4 Å². The number of amides is 1. The van der Waals surface area contributed by atoms with Gasteiger partial charge in [-0.15, -0.1) is 0 Å². The summed E-state index contributed by atoms with van der Waals surface area (Å²) in [6.45, 7) is 8.64. The fourth-order valence-corrected chi connectivity index (χ4v) is 2.31. The first-order valence-corrected chi connectivity index (χ1v) is 7.39. The summed E-state index contributed by atoms with van der Waals surface area (Å²) in [4.78, 5) is 12.3. The molecule has 22 heavy (non-hydrogen) atoms. The minimum absolute atomic E-state index is 0.0317. The smallest absolute Gasteiger partial charge is 0.255 e. The summed E-state index contributed by atoms with van der Waals surface area (Å²) in [6, 6.07) is 4.99. The quantitative estimate of drug-likeness (QED) is 0.873. The van der Waals surface area contributed by atoms with Gasteiger partial charge in [-0.25, -0.2) is 0 Å². The predicted octanol–water partition coefficient (Wildman–Crippen LogP) is 2.73. The van der Waals surface area contributed by atoms with E-state index in [2.05, 4.69) is 31.4 Å². The summed E-state index contributed by atoms with van der Waals surface area (Å²) in [6.07, 6.45) is 0. The van der Waals surface area contributed by atoms with E-state index in [9.17, 15) is 4.79 Å². The third kappa shape index (κ3) is 5.21. The Hall–Kier alpha value is -1.77. The highest BCUT2D eigenvalue weighted by molar-refractivity contribution is 6.32. The molecule has 0 radical (unpaired) electrons. The van der Waals surface area contributed by atoms with E-state index in [0.29, 0.717) is 17.9 Å². The van der Waals surface area contributed by atoms with Gasteiger partial charge in [-0.05, 0) is 33.8 Å². The molecule has 5 nitrogen and oxygen atoms in total. The minimum atomic E-state index is -0.299. The van der Waals surface area contributed by atoms with E-state index in [1.165, 1.54) is 19.2 Å². The van der Waals surface area contributed by atoms with Crippen LogP contribution in [0.1, 0.15) is 43.6 Å². The van der Waals surface area contributed by atoms with Gasteiger partial charge in [-0.3, -0.25) is 4.79 Å². The van der Waals surface area contributed by atoms with Gasteiger partial charge in [0, 0.05) is 24.2 Å². The molecule has 0 saturated heterocycles. The number of nitrogens with zero attached hydrogens (tertiary/aromatic N) is 1. The van der Waals surface area contributed by atoms with E-state index in [4.69, 9.17) is 21.6 Å². The molecular weight excluding hydrogens is 302 g/mol. The van der Waals surface area contributed by atoms with Crippen LogP contribution in [-0.2, 0) is 0 Å². The lowest BCUT2D eigenvalue weighted by atomic mass is 10.1. The Bertz CT molecular complexity index is 588. The summed E-state index contributed by atoms with van der Waals surface area (Å²) in [5, 5.41) is 15.5. The molecule has 2 N–H and O–H groups in total. The van der Waals surface area contributed by atoms with Crippen LogP contribution in [0.15, 0.2) is 12.1 Å². The van der Waals surface area contributed by atoms with Crippen LogP contribution in [0.3, 0.4) is 0 Å². The number of nitrogens with one attached hydrogen (secondary N) is 2. The Morgan fingerprint density at radius 1 is 1.45 bits per heavy atom. The fourth-order valence-electron chi connectivity index (χ4n) is 2.12. The molecule has 6 heteroatoms. The molecule has 0 heterocycles. The van der Waals surface area contributed by atoms with Crippen molar-refractivity contribution in [2.45, 2.75) is 39.3 Å². The maximum absolute atomic E-state index is 12.3. The van der Waals surface area contributed by atoms with Crippen LogP contribution in [0.4, 0.5) is 0 Å². The van der Waals surface area contributed by atoms with Gasteiger partial charge in [-0.1, -0.05) is 11.6 Å². The third-order valence-corrected chi connectivity index (χ3v) is 3.22. The molecule has 0 spiro atoms. The molecule has 0 aliphatic rings. The van der Waals surface area contributed by atoms with Gasteiger partial charge in [0.15, 0.2) is 0 Å². The van der Waals surface area contributed by atoms with Crippen molar-refractivity contribution < 1.29 is 9.53 Å². The van der Waals surface area contributed by atoms with Crippen molar-refractivity contribution in [3.05, 3.63) is 28.3 Å². The molecule has 0 aliphatic carbocycles. The largest absolute Gasteiger partial charge is 0.496 e. The molecule has 1 amide bonds. The lowest BCUT2D eigenvalue weighted by molar-refractivity contribution is 0.0945. The van der Waals surface area contributed by atoms with Crippen LogP contribution in [0, 0.1) is 11.3 Å². The first kappa shape index (κ1) is 18.3. The second kappa shape index (κ2) is 7.48. The van der Waals surface area contributed by atoms with E-state index < -0.39 is 0 Å². The molecule has 1 atom stereocenters. The summed E-state index contributed by atoms with van der Waals surface area (Å²) in [5.74, 6) is 0.0468. The number of hydrogen-bond acceptors (Lipinski definition) is 4. The molecule has 1 aromatic rings. The number of carbonyl (C=O) groups is 1. The molecule has 1 rings (SSSR count). The van der Waals surface area contributed by atoms with E-state index in [1.54, 1.807) is 0 Å². The number of hydrogen-bond donors (Lipinski definition) is 2. The molecule has 0 fully saturated rings. The summed E-state index contributed by atoms with van der Waals surface area (Å²) >= 11 is 5.94. The Balaban J connectivity index is 2.84. The van der Waals surface area contributed by atoms with Crippen LogP contribution in [0.2, 0.25) is 5.02 Å². The van der Waals surface area contributed by atoms with Crippen LogP contribution in [0.25, 0.3) is 0 Å². The number of nitriles is 1. The minimum Gasteiger partial charge on any atom is -0.496 e. The lowest BCUT2D eigenvalue weighted by Crippen LogP contribution is -2.47. The van der Waals surface area contributed by atoms with E-state index >= 15 is 0 Å². The fraction of sp³-hybridized carbons (Fsp3) is 0.500. The summed E-state index contributed by atoms with van der Waals surface area (Å²) in [7, 11) is 1.46. The second-order valence-corrected chi connectivity index (χ2v) is 6.56. The van der Waals surface area contributed by atoms with Gasteiger partial charge in [0.2, 0.25) is 0 Å². The first-order valence-electron chi connectivity index (χ1n) is 7.01. The van der Waals surface area contributed by atoms with Crippen molar-refractivity contribution >= 4 is 17.5 Å². The van der Waals surface area contributed by atoms with Crippen molar-refractivity contribution in [1.29, 1.82) is 5.26 Å². The Kier molecular flexibility index (Phi) is 6.21. The number of ether oxygens (including phenoxy) is 1. The Labute approximate surface area is 136 Å². The van der Waals surface area contributed by atoms with Crippen LogP contribution >= 0.6 is 11.6 Å². The van der Waals surface area contributed by atoms with Crippen molar-refractivity contribution in [3.8, 4) is 11.8 Å². The maximum atomic E-state index is 12.3. The number of methoxy groups -OCH3 is 1. The molecule has 1 aromatic carbocycles. The molecule has 1 unspecified atom stereocenters. The first-order chi connectivity index (χ1) is 10.2. The Morgan fingerprint density at radius 2 is 2.09 bits per heavy atom. The molecule has 0 saturated carbocycles. The van der Waals surface area contributed by atoms with Crippen molar-refractivity contribution in [2.75, 3.05) is 13.7 Å². The molecule has 0 aromatic heterocycles. The molecule has 120 valence electrons. The number of carbonyl (C=O) groups excluding carboxylic acids is 1. The lowest BCUT2D eigenvalue weighted by Gasteiger charge is -2.26. The van der Waals surface area contributed by atoms with Gasteiger partial charge in [0.1, 0.15) is 11.8 Å². The van der Waals surface area contributed by atoms with Crippen LogP contribution < -0.4 is 15.4 Å². The maximum Gasteiger partial charge on any atom is 0.255 e. The standard InChI is InChI=1S/C16H22ClN3O2/c1-10(20-16(2,3)4)9-19-15(21)12-6-11(8-18)13(17)7-14(12)22-5/h6-7,10,20H,9H2,1-5H3,(H,19,21). The van der Waals surface area contributed by atoms with Gasteiger partial charge in [0.05, 0.1) is 23.3 Å². The predicted molar refractivity (Wildman–Crippen MR) is 87.4 cm³/mol. The van der Waals surface area contributed by atoms with Gasteiger partial charge >= 0.3 is 0 Å². The zero-order chi connectivity index (χ0) is 16.9. The molecule has 0 bridgehead atoms. The van der Waals surface area contributed by atoms with Crippen molar-refractivity contribution in [3.63, 3.8) is 0 Å². The Morgan fingerprint density at radius 3 is 2.59 bits per heavy atom. The summed E-state index contributed by atoms with van der Waals surface area (Å²) in [5.41, 5.74) is 0.510. The van der Waals surface area contributed by atoms with Crippen LogP contribution in [-0.4, -0.2) is 31.1 Å². The molecular formula is C16H22ClN3O2. The SMILES string of the molecule is COc1cc(Cl)c(C#N)cc1C(=O)NCC(C)NC(C)(C)C. The van der Waals surface area contributed by atoms with E-state index in [1.807, 2.05) is 13.0 Å². The average molecular weight is 324 g/mol. The highest BCUT2D eigenvalue weighted by Crippen LogP contribution is 2.26. The highest BCUT2D eigenvalue weighted by Gasteiger charge is 2.18. The average Bonchev–Trinajstić information content (AvgIpc) is 2.42. The van der Waals surface area contributed by atoms with Crippen LogP contribution in [0.5, 0.6) is 5.75 Å². The van der Waals surface area contributed by atoms with E-state index in [0.717, 1.165) is 0 Å². The van der Waals surface area contributed by atoms with Gasteiger partial charge in [0.25, 0.3) is 5.91 Å². The number of halogens is 1. The monoisotopic (exact) mass is 323 g/mol. The van der Waals surface area contributed by atoms with E-state index in [-0.39, 0.29) is 28.1 Å². The van der Waals surface area contributed by atoms with Gasteiger partial charge in [-0.2, -0.15) is 5.26 Å². The zero-order valence-corrected chi connectivity index (χ0v) is 14.3. The number of rotatable bonds is 5. The van der Waals surface area contributed by atoms with Crippen molar-refractivity contribution in [1.82, 2.24) is 10.6 Å². The normalized spacial score (nSPS) is 12.4. The topological polar surface area (TPSA) is 74.1 Å². The highest BCUT2D eigenvalue weighted by atomic mass is 35.5. The third-order valence-electron chi connectivity index (χ3n) is 2.90. The summed E-state index contributed by atoms with van der Waals surface area (Å²) < 4.78 is 5.16. The van der Waals surface area contributed by atoms with Crippen molar-refractivity contribution in [2.24, 2.45) is 0 Å². The second-order valence-electron chi connectivity index (χ2n) is 6.15. The number of benzene rings is 1. The zero-order valence-electron chi connectivity index (χ0n) is 13.6.